The number of aliphatic hydroxyl groups excluding tert-OH is 1. The quantitative estimate of drug-likeness (QED) is 0.607. The number of aromatic amines is 1. The third-order valence-electron chi connectivity index (χ3n) is 1.83. The topological polar surface area (TPSA) is 87.8 Å². The van der Waals surface area contributed by atoms with Gasteiger partial charge >= 0.3 is 0 Å². The molecule has 5 heteroatoms. The van der Waals surface area contributed by atoms with Crippen LogP contribution in [0.2, 0.25) is 0 Å². The summed E-state index contributed by atoms with van der Waals surface area (Å²) in [6.45, 7) is 0.0334. The summed E-state index contributed by atoms with van der Waals surface area (Å²) in [5.41, 5.74) is 6.40. The van der Waals surface area contributed by atoms with E-state index in [1.807, 2.05) is 6.07 Å². The van der Waals surface area contributed by atoms with Gasteiger partial charge in [-0.2, -0.15) is 0 Å². The number of anilines is 1. The highest BCUT2D eigenvalue weighted by molar-refractivity contribution is 5.85. The van der Waals surface area contributed by atoms with Crippen molar-refractivity contribution in [2.24, 2.45) is 0 Å². The lowest BCUT2D eigenvalue weighted by atomic mass is 10.3. The minimum atomic E-state index is 0.0334. The van der Waals surface area contributed by atoms with Gasteiger partial charge in [0.05, 0.1) is 12.0 Å². The summed E-state index contributed by atoms with van der Waals surface area (Å²) in [5, 5.41) is 9.52. The highest BCUT2D eigenvalue weighted by Gasteiger charge is 2.04. The molecule has 0 spiro atoms. The molecule has 2 rings (SSSR count). The van der Waals surface area contributed by atoms with Crippen LogP contribution in [0.1, 0.15) is 5.82 Å². The van der Waals surface area contributed by atoms with Gasteiger partial charge in [0.15, 0.2) is 0 Å². The summed E-state index contributed by atoms with van der Waals surface area (Å²) < 4.78 is 0. The van der Waals surface area contributed by atoms with Crippen LogP contribution in [0.4, 0.5) is 5.82 Å². The maximum Gasteiger partial charge on any atom is 0.143 e. The summed E-state index contributed by atoms with van der Waals surface area (Å²) >= 11 is 0. The van der Waals surface area contributed by atoms with Crippen molar-refractivity contribution in [3.8, 4) is 0 Å². The molecule has 0 bridgehead atoms. The summed E-state index contributed by atoms with van der Waals surface area (Å²) in [6, 6.07) is 1.83. The molecule has 0 atom stereocenters. The number of aromatic nitrogens is 3. The van der Waals surface area contributed by atoms with Crippen LogP contribution in [0, 0.1) is 0 Å². The van der Waals surface area contributed by atoms with Crippen molar-refractivity contribution in [3.05, 3.63) is 18.1 Å². The van der Waals surface area contributed by atoms with E-state index in [1.165, 1.54) is 0 Å². The van der Waals surface area contributed by atoms with Crippen LogP contribution >= 0.6 is 0 Å². The van der Waals surface area contributed by atoms with Crippen molar-refractivity contribution in [2.45, 2.75) is 6.42 Å². The van der Waals surface area contributed by atoms with Gasteiger partial charge in [0.25, 0.3) is 0 Å². The fraction of sp³-hybridized carbons (Fsp3) is 0.250. The van der Waals surface area contributed by atoms with E-state index >= 15 is 0 Å². The van der Waals surface area contributed by atoms with E-state index < -0.39 is 0 Å². The maximum absolute atomic E-state index is 8.70. The Hall–Kier alpha value is -1.62. The van der Waals surface area contributed by atoms with Crippen LogP contribution in [0.15, 0.2) is 12.3 Å². The van der Waals surface area contributed by atoms with Crippen molar-refractivity contribution in [1.29, 1.82) is 0 Å². The first-order valence-corrected chi connectivity index (χ1v) is 4.01. The minimum Gasteiger partial charge on any atom is -0.396 e. The van der Waals surface area contributed by atoms with Crippen LogP contribution in [0.25, 0.3) is 11.0 Å². The van der Waals surface area contributed by atoms with Crippen molar-refractivity contribution >= 4 is 16.9 Å². The highest BCUT2D eigenvalue weighted by Crippen LogP contribution is 2.15. The third kappa shape index (κ3) is 1.33. The van der Waals surface area contributed by atoms with Gasteiger partial charge in [-0.05, 0) is 6.07 Å². The summed E-state index contributed by atoms with van der Waals surface area (Å²) in [6.07, 6.45) is 2.19. The van der Waals surface area contributed by atoms with E-state index in [2.05, 4.69) is 15.0 Å². The van der Waals surface area contributed by atoms with Crippen molar-refractivity contribution < 1.29 is 5.11 Å². The van der Waals surface area contributed by atoms with E-state index in [-0.39, 0.29) is 6.61 Å². The number of nitrogen functional groups attached to an aromatic ring is 1. The molecule has 0 amide bonds. The van der Waals surface area contributed by atoms with Crippen LogP contribution < -0.4 is 5.73 Å². The van der Waals surface area contributed by atoms with Crippen molar-refractivity contribution in [3.63, 3.8) is 0 Å². The van der Waals surface area contributed by atoms with Gasteiger partial charge in [-0.3, -0.25) is 0 Å². The summed E-state index contributed by atoms with van der Waals surface area (Å²) in [5.74, 6) is 1.02. The molecule has 2 heterocycles. The first-order valence-electron chi connectivity index (χ1n) is 4.01. The average Bonchev–Trinajstić information content (AvgIpc) is 2.53. The second-order valence-corrected chi connectivity index (χ2v) is 2.74. The number of hydrogen-bond donors (Lipinski definition) is 3. The average molecular weight is 178 g/mol. The molecule has 5 nitrogen and oxygen atoms in total. The van der Waals surface area contributed by atoms with Gasteiger partial charge in [-0.15, -0.1) is 0 Å². The maximum atomic E-state index is 8.70. The molecular weight excluding hydrogens is 168 g/mol. The molecule has 13 heavy (non-hydrogen) atoms. The highest BCUT2D eigenvalue weighted by atomic mass is 16.3. The normalized spacial score (nSPS) is 10.8. The van der Waals surface area contributed by atoms with E-state index in [1.54, 1.807) is 6.20 Å². The molecule has 0 aromatic carbocycles. The Morgan fingerprint density at radius 2 is 2.31 bits per heavy atom. The van der Waals surface area contributed by atoms with E-state index in [0.717, 1.165) is 11.0 Å². The molecule has 0 aliphatic heterocycles. The van der Waals surface area contributed by atoms with Gasteiger partial charge in [0, 0.05) is 12.6 Å². The molecule has 0 saturated heterocycles. The molecule has 68 valence electrons. The van der Waals surface area contributed by atoms with E-state index in [0.29, 0.717) is 18.1 Å². The molecule has 2 aromatic heterocycles. The fourth-order valence-corrected chi connectivity index (χ4v) is 1.22. The number of rotatable bonds is 2. The lowest BCUT2D eigenvalue weighted by Gasteiger charge is -1.99. The lowest BCUT2D eigenvalue weighted by Crippen LogP contribution is -2.02. The second kappa shape index (κ2) is 3.02. The van der Waals surface area contributed by atoms with Crippen molar-refractivity contribution in [2.75, 3.05) is 12.3 Å². The Balaban J connectivity index is 2.56. The molecule has 0 fully saturated rings. The number of nitrogens with two attached hydrogens (primary N) is 1. The van der Waals surface area contributed by atoms with Gasteiger partial charge in [-0.1, -0.05) is 0 Å². The smallest absolute Gasteiger partial charge is 0.143 e. The summed E-state index contributed by atoms with van der Waals surface area (Å²) in [7, 11) is 0. The molecule has 2 aromatic rings. The zero-order valence-corrected chi connectivity index (χ0v) is 6.99. The molecule has 0 saturated carbocycles. The standard InChI is InChI=1S/C8H10N4O/c9-7-5-1-3-10-8(5)12-6(11-7)2-4-13/h1,3,13H,2,4H2,(H3,9,10,11,12). The zero-order chi connectivity index (χ0) is 9.26. The van der Waals surface area contributed by atoms with Gasteiger partial charge < -0.3 is 15.8 Å². The Labute approximate surface area is 74.6 Å². The Morgan fingerprint density at radius 3 is 3.08 bits per heavy atom. The van der Waals surface area contributed by atoms with Crippen LogP contribution in [0.3, 0.4) is 0 Å². The zero-order valence-electron chi connectivity index (χ0n) is 6.99. The largest absolute Gasteiger partial charge is 0.396 e. The molecular formula is C8H10N4O. The van der Waals surface area contributed by atoms with Crippen LogP contribution in [-0.2, 0) is 6.42 Å². The molecule has 0 radical (unpaired) electrons. The number of hydrogen-bond acceptors (Lipinski definition) is 4. The van der Waals surface area contributed by atoms with Crippen molar-refractivity contribution in [1.82, 2.24) is 15.0 Å². The first kappa shape index (κ1) is 8.00. The number of H-pyrrole nitrogens is 1. The van der Waals surface area contributed by atoms with E-state index in [4.69, 9.17) is 10.8 Å². The second-order valence-electron chi connectivity index (χ2n) is 2.74. The minimum absolute atomic E-state index is 0.0334. The lowest BCUT2D eigenvalue weighted by molar-refractivity contribution is 0.297. The molecule has 0 aliphatic carbocycles. The van der Waals surface area contributed by atoms with Gasteiger partial charge in [0.2, 0.25) is 0 Å². The molecule has 0 unspecified atom stereocenters. The number of nitrogens with one attached hydrogen (secondary N) is 1. The predicted molar refractivity (Wildman–Crippen MR) is 49.1 cm³/mol. The van der Waals surface area contributed by atoms with E-state index in [9.17, 15) is 0 Å². The third-order valence-corrected chi connectivity index (χ3v) is 1.83. The number of aliphatic hydroxyl groups is 1. The monoisotopic (exact) mass is 178 g/mol. The number of fused-ring (bicyclic) bond motifs is 1. The summed E-state index contributed by atoms with van der Waals surface area (Å²) in [4.78, 5) is 11.2. The SMILES string of the molecule is Nc1nc(CCO)nc2[nH]ccc12. The Morgan fingerprint density at radius 1 is 1.46 bits per heavy atom. The van der Waals surface area contributed by atoms with Crippen LogP contribution in [0.5, 0.6) is 0 Å². The Bertz CT molecular complexity index is 423. The van der Waals surface area contributed by atoms with Gasteiger partial charge in [0.1, 0.15) is 17.3 Å². The predicted octanol–water partition coefficient (Wildman–Crippen LogP) is 0.0749. The fourth-order valence-electron chi connectivity index (χ4n) is 1.22. The molecule has 0 aliphatic rings. The Kier molecular flexibility index (Phi) is 1.86. The number of nitrogens with zero attached hydrogens (tertiary/aromatic N) is 2. The molecule has 4 N–H and O–H groups in total. The van der Waals surface area contributed by atoms with Gasteiger partial charge in [-0.25, -0.2) is 9.97 Å². The van der Waals surface area contributed by atoms with Crippen LogP contribution in [-0.4, -0.2) is 26.7 Å². The first-order chi connectivity index (χ1) is 6.31.